The van der Waals surface area contributed by atoms with E-state index >= 15 is 0 Å². The Labute approximate surface area is 165 Å². The third kappa shape index (κ3) is 5.90. The standard InChI is InChI=1S/C20H30FN5O2/c1-2-22-20(23-13-18(27)16-5-3-4-6-17(16)21)26-11-9-25(10-12-26)14-19(28)24-15-7-8-15/h3-6,15,18,27H,2,7-14H2,1H3,(H,22,23)(H,24,28). The van der Waals surface area contributed by atoms with Crippen LogP contribution in [0.1, 0.15) is 31.4 Å². The second-order valence-electron chi connectivity index (χ2n) is 7.34. The number of aliphatic hydroxyl groups is 1. The molecule has 0 spiro atoms. The molecule has 1 aromatic carbocycles. The van der Waals surface area contributed by atoms with Gasteiger partial charge in [0, 0.05) is 44.3 Å². The van der Waals surface area contributed by atoms with Crippen molar-refractivity contribution in [3.63, 3.8) is 0 Å². The summed E-state index contributed by atoms with van der Waals surface area (Å²) in [7, 11) is 0. The molecule has 0 bridgehead atoms. The Kier molecular flexibility index (Phi) is 7.22. The summed E-state index contributed by atoms with van der Waals surface area (Å²) in [6.07, 6.45) is 1.21. The lowest BCUT2D eigenvalue weighted by atomic mass is 10.1. The van der Waals surface area contributed by atoms with Crippen LogP contribution >= 0.6 is 0 Å². The molecule has 8 heteroatoms. The van der Waals surface area contributed by atoms with Crippen molar-refractivity contribution >= 4 is 11.9 Å². The van der Waals surface area contributed by atoms with Crippen molar-refractivity contribution in [1.29, 1.82) is 0 Å². The Morgan fingerprint density at radius 1 is 1.29 bits per heavy atom. The second-order valence-corrected chi connectivity index (χ2v) is 7.34. The topological polar surface area (TPSA) is 80.2 Å². The third-order valence-electron chi connectivity index (χ3n) is 4.99. The van der Waals surface area contributed by atoms with Crippen LogP contribution in [0.4, 0.5) is 4.39 Å². The van der Waals surface area contributed by atoms with E-state index in [1.165, 1.54) is 6.07 Å². The SMILES string of the molecule is CCNC(=NCC(O)c1ccccc1F)N1CCN(CC(=O)NC2CC2)CC1. The maximum Gasteiger partial charge on any atom is 0.234 e. The molecule has 0 aromatic heterocycles. The Bertz CT molecular complexity index is 687. The molecule has 1 unspecified atom stereocenters. The fourth-order valence-electron chi connectivity index (χ4n) is 3.26. The molecule has 1 aliphatic carbocycles. The van der Waals surface area contributed by atoms with Crippen molar-refractivity contribution in [3.05, 3.63) is 35.6 Å². The first kappa shape index (κ1) is 20.5. The zero-order chi connectivity index (χ0) is 19.9. The molecule has 7 nitrogen and oxygen atoms in total. The molecule has 1 aromatic rings. The van der Waals surface area contributed by atoms with E-state index in [9.17, 15) is 14.3 Å². The van der Waals surface area contributed by atoms with E-state index in [0.29, 0.717) is 25.1 Å². The molecule has 1 amide bonds. The van der Waals surface area contributed by atoms with Crippen LogP contribution in [0.5, 0.6) is 0 Å². The summed E-state index contributed by atoms with van der Waals surface area (Å²) in [5.41, 5.74) is 0.258. The maximum absolute atomic E-state index is 13.8. The number of nitrogens with zero attached hydrogens (tertiary/aromatic N) is 3. The van der Waals surface area contributed by atoms with Crippen molar-refractivity contribution in [2.75, 3.05) is 45.8 Å². The fourth-order valence-corrected chi connectivity index (χ4v) is 3.26. The van der Waals surface area contributed by atoms with E-state index in [1.54, 1.807) is 18.2 Å². The van der Waals surface area contributed by atoms with Crippen LogP contribution in [-0.2, 0) is 4.79 Å². The number of guanidine groups is 1. The molecule has 2 aliphatic rings. The average molecular weight is 391 g/mol. The van der Waals surface area contributed by atoms with Gasteiger partial charge in [-0.3, -0.25) is 14.7 Å². The number of hydrogen-bond acceptors (Lipinski definition) is 4. The van der Waals surface area contributed by atoms with Gasteiger partial charge in [-0.05, 0) is 25.8 Å². The number of hydrogen-bond donors (Lipinski definition) is 3. The summed E-state index contributed by atoms with van der Waals surface area (Å²) in [6, 6.07) is 6.61. The van der Waals surface area contributed by atoms with E-state index < -0.39 is 11.9 Å². The van der Waals surface area contributed by atoms with E-state index in [-0.39, 0.29) is 18.0 Å². The average Bonchev–Trinajstić information content (AvgIpc) is 3.50. The number of amides is 1. The van der Waals surface area contributed by atoms with Crippen molar-refractivity contribution in [3.8, 4) is 0 Å². The van der Waals surface area contributed by atoms with Crippen LogP contribution in [0, 0.1) is 5.82 Å². The fraction of sp³-hybridized carbons (Fsp3) is 0.600. The molecular weight excluding hydrogens is 361 g/mol. The van der Waals surface area contributed by atoms with Gasteiger partial charge >= 0.3 is 0 Å². The van der Waals surface area contributed by atoms with Crippen molar-refractivity contribution in [2.24, 2.45) is 4.99 Å². The van der Waals surface area contributed by atoms with E-state index in [2.05, 4.69) is 25.4 Å². The maximum atomic E-state index is 13.8. The molecule has 1 saturated carbocycles. The molecule has 0 radical (unpaired) electrons. The first-order valence-electron chi connectivity index (χ1n) is 10.0. The molecule has 3 rings (SSSR count). The summed E-state index contributed by atoms with van der Waals surface area (Å²) < 4.78 is 13.8. The van der Waals surface area contributed by atoms with Crippen LogP contribution in [0.3, 0.4) is 0 Å². The number of halogens is 1. The summed E-state index contributed by atoms with van der Waals surface area (Å²) in [4.78, 5) is 20.7. The third-order valence-corrected chi connectivity index (χ3v) is 4.99. The number of piperazine rings is 1. The van der Waals surface area contributed by atoms with Gasteiger partial charge in [0.25, 0.3) is 0 Å². The zero-order valence-corrected chi connectivity index (χ0v) is 16.4. The van der Waals surface area contributed by atoms with Gasteiger partial charge in [0.05, 0.1) is 13.1 Å². The number of carbonyl (C=O) groups is 1. The quantitative estimate of drug-likeness (QED) is 0.472. The van der Waals surface area contributed by atoms with Gasteiger partial charge in [-0.1, -0.05) is 18.2 Å². The first-order chi connectivity index (χ1) is 13.6. The van der Waals surface area contributed by atoms with Crippen LogP contribution in [0.2, 0.25) is 0 Å². The first-order valence-corrected chi connectivity index (χ1v) is 10.0. The van der Waals surface area contributed by atoms with Crippen LogP contribution in [0.25, 0.3) is 0 Å². The van der Waals surface area contributed by atoms with Gasteiger partial charge in [0.1, 0.15) is 11.9 Å². The Morgan fingerprint density at radius 2 is 2.00 bits per heavy atom. The molecule has 1 atom stereocenters. The number of aliphatic hydroxyl groups excluding tert-OH is 1. The van der Waals surface area contributed by atoms with Crippen molar-refractivity contribution < 1.29 is 14.3 Å². The largest absolute Gasteiger partial charge is 0.386 e. The molecule has 1 aliphatic heterocycles. The number of rotatable bonds is 7. The van der Waals surface area contributed by atoms with Crippen molar-refractivity contribution in [2.45, 2.75) is 31.9 Å². The molecule has 1 heterocycles. The monoisotopic (exact) mass is 391 g/mol. The molecule has 3 N–H and O–H groups in total. The highest BCUT2D eigenvalue weighted by atomic mass is 19.1. The predicted octanol–water partition coefficient (Wildman–Crippen LogP) is 0.721. The van der Waals surface area contributed by atoms with Gasteiger partial charge in [0.2, 0.25) is 5.91 Å². The lowest BCUT2D eigenvalue weighted by Crippen LogP contribution is -2.54. The highest BCUT2D eigenvalue weighted by Gasteiger charge is 2.26. The highest BCUT2D eigenvalue weighted by Crippen LogP contribution is 2.18. The lowest BCUT2D eigenvalue weighted by Gasteiger charge is -2.36. The van der Waals surface area contributed by atoms with E-state index in [1.807, 2.05) is 6.92 Å². The van der Waals surface area contributed by atoms with Crippen LogP contribution in [-0.4, -0.2) is 78.6 Å². The van der Waals surface area contributed by atoms with Crippen molar-refractivity contribution in [1.82, 2.24) is 20.4 Å². The van der Waals surface area contributed by atoms with Gasteiger partial charge in [-0.15, -0.1) is 0 Å². The van der Waals surface area contributed by atoms with Gasteiger partial charge in [-0.25, -0.2) is 4.39 Å². The number of benzene rings is 1. The molecular formula is C20H30FN5O2. The molecule has 2 fully saturated rings. The minimum Gasteiger partial charge on any atom is -0.386 e. The predicted molar refractivity (Wildman–Crippen MR) is 107 cm³/mol. The van der Waals surface area contributed by atoms with E-state index in [4.69, 9.17) is 0 Å². The number of aliphatic imine (C=N–C) groups is 1. The molecule has 1 saturated heterocycles. The Balaban J connectivity index is 1.51. The minimum atomic E-state index is -0.984. The van der Waals surface area contributed by atoms with Crippen LogP contribution in [0.15, 0.2) is 29.3 Å². The highest BCUT2D eigenvalue weighted by molar-refractivity contribution is 5.80. The number of nitrogens with one attached hydrogen (secondary N) is 2. The Morgan fingerprint density at radius 3 is 2.64 bits per heavy atom. The normalized spacial score (nSPS) is 19.4. The molecule has 28 heavy (non-hydrogen) atoms. The Hall–Kier alpha value is -2.19. The zero-order valence-electron chi connectivity index (χ0n) is 16.4. The summed E-state index contributed by atoms with van der Waals surface area (Å²) in [5.74, 6) is 0.387. The van der Waals surface area contributed by atoms with Gasteiger partial charge in [0.15, 0.2) is 5.96 Å². The summed E-state index contributed by atoms with van der Waals surface area (Å²) >= 11 is 0. The van der Waals surface area contributed by atoms with Gasteiger partial charge < -0.3 is 20.6 Å². The van der Waals surface area contributed by atoms with E-state index in [0.717, 1.165) is 39.0 Å². The smallest absolute Gasteiger partial charge is 0.234 e. The lowest BCUT2D eigenvalue weighted by molar-refractivity contribution is -0.122. The van der Waals surface area contributed by atoms with Gasteiger partial charge in [-0.2, -0.15) is 0 Å². The second kappa shape index (κ2) is 9.84. The molecule has 154 valence electrons. The summed E-state index contributed by atoms with van der Waals surface area (Å²) in [6.45, 7) is 6.27. The number of carbonyl (C=O) groups excluding carboxylic acids is 1. The summed E-state index contributed by atoms with van der Waals surface area (Å²) in [5, 5.41) is 16.5. The van der Waals surface area contributed by atoms with Crippen LogP contribution < -0.4 is 10.6 Å². The minimum absolute atomic E-state index is 0.0906.